The summed E-state index contributed by atoms with van der Waals surface area (Å²) in [4.78, 5) is 8.46. The molecule has 4 aromatic rings. The van der Waals surface area contributed by atoms with E-state index in [1.54, 1.807) is 12.5 Å². The van der Waals surface area contributed by atoms with Crippen molar-refractivity contribution in [3.8, 4) is 22.8 Å². The molecular formula is C18H13FN4O. The minimum Gasteiger partial charge on any atom is -0.334 e. The SMILES string of the molecule is Fc1ccc(C2CC2)cc1-c1nc(-c2ccn3cncc3c2)no1. The summed E-state index contributed by atoms with van der Waals surface area (Å²) in [5.74, 6) is 0.833. The molecule has 0 amide bonds. The lowest BCUT2D eigenvalue weighted by Crippen LogP contribution is -1.89. The van der Waals surface area contributed by atoms with Crippen LogP contribution < -0.4 is 0 Å². The van der Waals surface area contributed by atoms with E-state index in [2.05, 4.69) is 15.1 Å². The Balaban J connectivity index is 1.56. The van der Waals surface area contributed by atoms with Crippen molar-refractivity contribution in [1.82, 2.24) is 19.5 Å². The first-order valence-electron chi connectivity index (χ1n) is 7.83. The first kappa shape index (κ1) is 13.4. The Morgan fingerprint density at radius 1 is 1.17 bits per heavy atom. The molecule has 118 valence electrons. The third kappa shape index (κ3) is 2.19. The highest BCUT2D eigenvalue weighted by atomic mass is 19.1. The van der Waals surface area contributed by atoms with Gasteiger partial charge in [-0.15, -0.1) is 0 Å². The lowest BCUT2D eigenvalue weighted by atomic mass is 10.1. The number of hydrogen-bond acceptors (Lipinski definition) is 4. The van der Waals surface area contributed by atoms with Gasteiger partial charge in [-0.2, -0.15) is 4.98 Å². The summed E-state index contributed by atoms with van der Waals surface area (Å²) in [7, 11) is 0. The maximum atomic E-state index is 14.2. The minimum atomic E-state index is -0.346. The molecule has 0 spiro atoms. The predicted octanol–water partition coefficient (Wildman–Crippen LogP) is 4.07. The molecule has 1 saturated carbocycles. The average Bonchev–Trinajstić information content (AvgIpc) is 3.15. The Hall–Kier alpha value is -3.02. The zero-order chi connectivity index (χ0) is 16.1. The maximum absolute atomic E-state index is 14.2. The van der Waals surface area contributed by atoms with Crippen LogP contribution in [0.3, 0.4) is 0 Å². The van der Waals surface area contributed by atoms with Gasteiger partial charge >= 0.3 is 0 Å². The molecule has 6 heteroatoms. The molecule has 0 bridgehead atoms. The topological polar surface area (TPSA) is 56.2 Å². The second-order valence-corrected chi connectivity index (χ2v) is 6.08. The molecule has 0 N–H and O–H groups in total. The monoisotopic (exact) mass is 320 g/mol. The van der Waals surface area contributed by atoms with Crippen molar-refractivity contribution in [2.75, 3.05) is 0 Å². The zero-order valence-electron chi connectivity index (χ0n) is 12.7. The Labute approximate surface area is 136 Å². The number of rotatable bonds is 3. The van der Waals surface area contributed by atoms with Crippen molar-refractivity contribution in [3.63, 3.8) is 0 Å². The molecule has 5 rings (SSSR count). The van der Waals surface area contributed by atoms with Gasteiger partial charge in [-0.25, -0.2) is 9.37 Å². The summed E-state index contributed by atoms with van der Waals surface area (Å²) in [6, 6.07) is 8.93. The normalized spacial score (nSPS) is 14.4. The lowest BCUT2D eigenvalue weighted by Gasteiger charge is -2.01. The number of benzene rings is 1. The molecule has 5 nitrogen and oxygen atoms in total. The summed E-state index contributed by atoms with van der Waals surface area (Å²) in [5.41, 5.74) is 3.23. The highest BCUT2D eigenvalue weighted by molar-refractivity contribution is 5.65. The van der Waals surface area contributed by atoms with Gasteiger partial charge in [0.2, 0.25) is 5.82 Å². The van der Waals surface area contributed by atoms with Crippen molar-refractivity contribution >= 4 is 5.52 Å². The average molecular weight is 320 g/mol. The first-order valence-corrected chi connectivity index (χ1v) is 7.83. The fourth-order valence-electron chi connectivity index (χ4n) is 2.89. The molecular weight excluding hydrogens is 307 g/mol. The minimum absolute atomic E-state index is 0.207. The van der Waals surface area contributed by atoms with Crippen LogP contribution in [0.4, 0.5) is 4.39 Å². The number of imidazole rings is 1. The van der Waals surface area contributed by atoms with Gasteiger partial charge in [0.25, 0.3) is 5.89 Å². The van der Waals surface area contributed by atoms with Crippen LogP contribution in [0, 0.1) is 5.82 Å². The van der Waals surface area contributed by atoms with E-state index < -0.39 is 0 Å². The number of halogens is 1. The summed E-state index contributed by atoms with van der Waals surface area (Å²) < 4.78 is 21.4. The van der Waals surface area contributed by atoms with Crippen LogP contribution in [-0.4, -0.2) is 19.5 Å². The van der Waals surface area contributed by atoms with Crippen molar-refractivity contribution in [2.45, 2.75) is 18.8 Å². The van der Waals surface area contributed by atoms with E-state index in [4.69, 9.17) is 4.52 Å². The van der Waals surface area contributed by atoms with Gasteiger partial charge in [0, 0.05) is 11.8 Å². The second-order valence-electron chi connectivity index (χ2n) is 6.08. The largest absolute Gasteiger partial charge is 0.334 e. The van der Waals surface area contributed by atoms with Crippen LogP contribution >= 0.6 is 0 Å². The maximum Gasteiger partial charge on any atom is 0.261 e. The smallest absolute Gasteiger partial charge is 0.261 e. The zero-order valence-corrected chi connectivity index (χ0v) is 12.7. The summed E-state index contributed by atoms with van der Waals surface area (Å²) in [6.45, 7) is 0. The lowest BCUT2D eigenvalue weighted by molar-refractivity contribution is 0.429. The first-order chi connectivity index (χ1) is 11.8. The summed E-state index contributed by atoms with van der Waals surface area (Å²) in [6.07, 6.45) is 7.67. The highest BCUT2D eigenvalue weighted by Gasteiger charge is 2.25. The van der Waals surface area contributed by atoms with E-state index >= 15 is 0 Å². The van der Waals surface area contributed by atoms with Gasteiger partial charge in [0.05, 0.1) is 23.6 Å². The molecule has 0 atom stereocenters. The fraction of sp³-hybridized carbons (Fsp3) is 0.167. The molecule has 24 heavy (non-hydrogen) atoms. The number of fused-ring (bicyclic) bond motifs is 1. The van der Waals surface area contributed by atoms with E-state index in [-0.39, 0.29) is 11.7 Å². The van der Waals surface area contributed by atoms with E-state index in [0.717, 1.165) is 29.5 Å². The molecule has 0 radical (unpaired) electrons. The third-order valence-electron chi connectivity index (χ3n) is 4.37. The van der Waals surface area contributed by atoms with Crippen LogP contribution in [0.25, 0.3) is 28.4 Å². The molecule has 0 unspecified atom stereocenters. The molecule has 1 aliphatic carbocycles. The predicted molar refractivity (Wildman–Crippen MR) is 85.9 cm³/mol. The Kier molecular flexibility index (Phi) is 2.79. The van der Waals surface area contributed by atoms with Gasteiger partial charge in [-0.3, -0.25) is 0 Å². The number of hydrogen-bond donors (Lipinski definition) is 0. The standard InChI is InChI=1S/C18H13FN4O/c19-16-4-3-12(11-1-2-11)8-15(16)18-21-17(22-24-18)13-5-6-23-10-20-9-14(23)7-13/h3-11H,1-2H2. The second kappa shape index (κ2) is 4.99. The molecule has 1 aliphatic rings. The van der Waals surface area contributed by atoms with E-state index in [0.29, 0.717) is 17.3 Å². The van der Waals surface area contributed by atoms with Gasteiger partial charge in [0.1, 0.15) is 5.82 Å². The molecule has 0 saturated heterocycles. The summed E-state index contributed by atoms with van der Waals surface area (Å²) >= 11 is 0. The molecule has 0 aliphatic heterocycles. The van der Waals surface area contributed by atoms with Crippen molar-refractivity contribution in [2.24, 2.45) is 0 Å². The Morgan fingerprint density at radius 2 is 2.08 bits per heavy atom. The van der Waals surface area contributed by atoms with E-state index in [9.17, 15) is 4.39 Å². The third-order valence-corrected chi connectivity index (χ3v) is 4.37. The Bertz CT molecular complexity index is 1050. The van der Waals surface area contributed by atoms with Gasteiger partial charge < -0.3 is 8.92 Å². The van der Waals surface area contributed by atoms with E-state index in [1.807, 2.05) is 34.9 Å². The molecule has 3 heterocycles. The number of nitrogens with zero attached hydrogens (tertiary/aromatic N) is 4. The van der Waals surface area contributed by atoms with Gasteiger partial charge in [0.15, 0.2) is 0 Å². The number of aromatic nitrogens is 4. The van der Waals surface area contributed by atoms with Crippen molar-refractivity contribution < 1.29 is 8.91 Å². The van der Waals surface area contributed by atoms with Crippen molar-refractivity contribution in [3.05, 3.63) is 60.4 Å². The Morgan fingerprint density at radius 3 is 2.96 bits per heavy atom. The van der Waals surface area contributed by atoms with Crippen LogP contribution in [0.2, 0.25) is 0 Å². The highest BCUT2D eigenvalue weighted by Crippen LogP contribution is 2.41. The van der Waals surface area contributed by atoms with Gasteiger partial charge in [-0.1, -0.05) is 11.2 Å². The van der Waals surface area contributed by atoms with E-state index in [1.165, 1.54) is 6.07 Å². The molecule has 1 aromatic carbocycles. The van der Waals surface area contributed by atoms with Crippen LogP contribution in [0.1, 0.15) is 24.3 Å². The van der Waals surface area contributed by atoms with Gasteiger partial charge in [-0.05, 0) is 48.6 Å². The van der Waals surface area contributed by atoms with Crippen LogP contribution in [-0.2, 0) is 0 Å². The summed E-state index contributed by atoms with van der Waals surface area (Å²) in [5, 5.41) is 4.00. The van der Waals surface area contributed by atoms with Crippen molar-refractivity contribution in [1.29, 1.82) is 0 Å². The van der Waals surface area contributed by atoms with Crippen LogP contribution in [0.15, 0.2) is 53.6 Å². The molecule has 3 aromatic heterocycles. The number of pyridine rings is 1. The molecule has 1 fully saturated rings. The van der Waals surface area contributed by atoms with Crippen LogP contribution in [0.5, 0.6) is 0 Å². The quantitative estimate of drug-likeness (QED) is 0.571. The fourth-order valence-corrected chi connectivity index (χ4v) is 2.89.